The molecule has 0 saturated carbocycles. The van der Waals surface area contributed by atoms with E-state index in [4.69, 9.17) is 9.47 Å². The van der Waals surface area contributed by atoms with Crippen molar-refractivity contribution in [3.05, 3.63) is 53.6 Å². The largest absolute Gasteiger partial charge is 0.486 e. The number of hydrogen-bond acceptors (Lipinski definition) is 4. The number of pyridine rings is 1. The third kappa shape index (κ3) is 2.24. The van der Waals surface area contributed by atoms with E-state index in [2.05, 4.69) is 4.98 Å². The first-order chi connectivity index (χ1) is 9.25. The van der Waals surface area contributed by atoms with Crippen LogP contribution in [0.25, 0.3) is 0 Å². The van der Waals surface area contributed by atoms with Gasteiger partial charge in [-0.2, -0.15) is 0 Å². The molecule has 2 heterocycles. The second kappa shape index (κ2) is 4.85. The van der Waals surface area contributed by atoms with Gasteiger partial charge in [-0.3, -0.25) is 4.98 Å². The van der Waals surface area contributed by atoms with Crippen LogP contribution >= 0.6 is 0 Å². The van der Waals surface area contributed by atoms with Gasteiger partial charge in [0.05, 0.1) is 0 Å². The van der Waals surface area contributed by atoms with Gasteiger partial charge in [-0.15, -0.1) is 0 Å². The third-order valence-corrected chi connectivity index (χ3v) is 2.93. The van der Waals surface area contributed by atoms with Crippen molar-refractivity contribution in [2.75, 3.05) is 13.2 Å². The number of rotatable bonds is 2. The summed E-state index contributed by atoms with van der Waals surface area (Å²) in [4.78, 5) is 3.87. The molecule has 0 spiro atoms. The monoisotopic (exact) mass is 261 g/mol. The zero-order chi connectivity index (χ0) is 13.2. The highest BCUT2D eigenvalue weighted by atomic mass is 19.1. The van der Waals surface area contributed by atoms with Crippen LogP contribution in [0.3, 0.4) is 0 Å². The Morgan fingerprint density at radius 3 is 2.74 bits per heavy atom. The Labute approximate surface area is 109 Å². The maximum Gasteiger partial charge on any atom is 0.161 e. The Morgan fingerprint density at radius 1 is 1.16 bits per heavy atom. The summed E-state index contributed by atoms with van der Waals surface area (Å²) in [6.07, 6.45) is 0.316. The summed E-state index contributed by atoms with van der Waals surface area (Å²) in [5.41, 5.74) is 0.515. The molecule has 0 amide bonds. The molecule has 0 bridgehead atoms. The molecule has 0 aliphatic carbocycles. The molecule has 98 valence electrons. The predicted molar refractivity (Wildman–Crippen MR) is 65.7 cm³/mol. The summed E-state index contributed by atoms with van der Waals surface area (Å²) < 4.78 is 24.4. The van der Waals surface area contributed by atoms with Gasteiger partial charge in [0.1, 0.15) is 30.8 Å². The van der Waals surface area contributed by atoms with Crippen molar-refractivity contribution in [2.45, 2.75) is 6.10 Å². The van der Waals surface area contributed by atoms with E-state index >= 15 is 0 Å². The van der Waals surface area contributed by atoms with E-state index in [1.54, 1.807) is 18.2 Å². The molecule has 1 aromatic carbocycles. The fourth-order valence-corrected chi connectivity index (χ4v) is 1.99. The molecule has 1 atom stereocenters. The van der Waals surface area contributed by atoms with Crippen molar-refractivity contribution >= 4 is 0 Å². The summed E-state index contributed by atoms with van der Waals surface area (Å²) in [7, 11) is 0. The second-order valence-electron chi connectivity index (χ2n) is 4.18. The predicted octanol–water partition coefficient (Wildman–Crippen LogP) is 2.07. The maximum atomic E-state index is 13.6. The summed E-state index contributed by atoms with van der Waals surface area (Å²) >= 11 is 0. The molecule has 1 unspecified atom stereocenters. The number of halogens is 1. The topological polar surface area (TPSA) is 51.6 Å². The van der Waals surface area contributed by atoms with E-state index in [1.807, 2.05) is 0 Å². The number of fused-ring (bicyclic) bond motifs is 1. The van der Waals surface area contributed by atoms with Gasteiger partial charge < -0.3 is 14.6 Å². The van der Waals surface area contributed by atoms with Gasteiger partial charge in [-0.05, 0) is 29.8 Å². The van der Waals surface area contributed by atoms with Gasteiger partial charge in [0.15, 0.2) is 11.5 Å². The van der Waals surface area contributed by atoms with E-state index in [-0.39, 0.29) is 5.69 Å². The van der Waals surface area contributed by atoms with Crippen LogP contribution < -0.4 is 9.47 Å². The Morgan fingerprint density at radius 2 is 1.95 bits per heavy atom. The van der Waals surface area contributed by atoms with Gasteiger partial charge in [-0.25, -0.2) is 4.39 Å². The highest BCUT2D eigenvalue weighted by Crippen LogP contribution is 2.34. The Kier molecular flexibility index (Phi) is 3.05. The first-order valence-electron chi connectivity index (χ1n) is 5.94. The highest BCUT2D eigenvalue weighted by molar-refractivity contribution is 5.45. The maximum absolute atomic E-state index is 13.6. The first kappa shape index (κ1) is 11.9. The lowest BCUT2D eigenvalue weighted by molar-refractivity contribution is 0.169. The van der Waals surface area contributed by atoms with Crippen molar-refractivity contribution in [3.8, 4) is 11.5 Å². The second-order valence-corrected chi connectivity index (χ2v) is 4.18. The fraction of sp³-hybridized carbons (Fsp3) is 0.214. The molecule has 1 aromatic heterocycles. The molecule has 4 nitrogen and oxygen atoms in total. The quantitative estimate of drug-likeness (QED) is 0.899. The van der Waals surface area contributed by atoms with Crippen molar-refractivity contribution < 1.29 is 19.0 Å². The van der Waals surface area contributed by atoms with E-state index in [0.29, 0.717) is 30.3 Å². The highest BCUT2D eigenvalue weighted by Gasteiger charge is 2.19. The summed E-state index contributed by atoms with van der Waals surface area (Å²) in [5.74, 6) is 0.646. The van der Waals surface area contributed by atoms with E-state index in [9.17, 15) is 9.50 Å². The van der Waals surface area contributed by atoms with E-state index in [1.165, 1.54) is 18.3 Å². The minimum Gasteiger partial charge on any atom is -0.486 e. The van der Waals surface area contributed by atoms with Crippen molar-refractivity contribution in [3.63, 3.8) is 0 Å². The summed E-state index contributed by atoms with van der Waals surface area (Å²) in [5, 5.41) is 10.2. The van der Waals surface area contributed by atoms with Crippen LogP contribution in [0.15, 0.2) is 36.5 Å². The molecule has 2 aromatic rings. The molecular formula is C14H12FNO3. The zero-order valence-corrected chi connectivity index (χ0v) is 10.0. The lowest BCUT2D eigenvalue weighted by Gasteiger charge is -2.20. The van der Waals surface area contributed by atoms with Crippen molar-refractivity contribution in [2.24, 2.45) is 0 Å². The number of ether oxygens (including phenoxy) is 2. The van der Waals surface area contributed by atoms with Gasteiger partial charge in [0.25, 0.3) is 0 Å². The molecule has 0 radical (unpaired) electrons. The summed E-state index contributed by atoms with van der Waals surface area (Å²) in [6.45, 7) is 0.967. The summed E-state index contributed by atoms with van der Waals surface area (Å²) in [6, 6.07) is 7.77. The molecule has 0 fully saturated rings. The van der Waals surface area contributed by atoms with Gasteiger partial charge >= 0.3 is 0 Å². The smallest absolute Gasteiger partial charge is 0.161 e. The van der Waals surface area contributed by atoms with Crippen LogP contribution in [0.2, 0.25) is 0 Å². The van der Waals surface area contributed by atoms with Crippen LogP contribution in [0, 0.1) is 5.82 Å². The van der Waals surface area contributed by atoms with Gasteiger partial charge in [0, 0.05) is 6.20 Å². The lowest BCUT2D eigenvalue weighted by Crippen LogP contribution is -2.16. The molecule has 0 saturated heterocycles. The number of aliphatic hydroxyl groups is 1. The average molecular weight is 261 g/mol. The molecule has 3 rings (SSSR count). The van der Waals surface area contributed by atoms with Gasteiger partial charge in [0.2, 0.25) is 0 Å². The zero-order valence-electron chi connectivity index (χ0n) is 10.0. The van der Waals surface area contributed by atoms with E-state index in [0.717, 1.165) is 0 Å². The number of hydrogen-bond donors (Lipinski definition) is 1. The van der Waals surface area contributed by atoms with Crippen molar-refractivity contribution in [1.29, 1.82) is 0 Å². The van der Waals surface area contributed by atoms with Crippen LogP contribution in [0.5, 0.6) is 11.5 Å². The Bertz CT molecular complexity index is 603. The number of aliphatic hydroxyl groups excluding tert-OH is 1. The Hall–Kier alpha value is -2.14. The van der Waals surface area contributed by atoms with Crippen molar-refractivity contribution in [1.82, 2.24) is 4.98 Å². The van der Waals surface area contributed by atoms with Gasteiger partial charge in [-0.1, -0.05) is 6.07 Å². The molecule has 1 aliphatic rings. The van der Waals surface area contributed by atoms with E-state index < -0.39 is 11.9 Å². The van der Waals surface area contributed by atoms with Crippen LogP contribution in [0.4, 0.5) is 4.39 Å². The minimum absolute atomic E-state index is 0.000761. The average Bonchev–Trinajstić information content (AvgIpc) is 2.46. The SMILES string of the molecule is OC(c1ccc2c(c1)OCCO2)c1ncccc1F. The fourth-order valence-electron chi connectivity index (χ4n) is 1.99. The lowest BCUT2D eigenvalue weighted by atomic mass is 10.0. The molecule has 1 aliphatic heterocycles. The number of aromatic nitrogens is 1. The molecular weight excluding hydrogens is 249 g/mol. The Balaban J connectivity index is 1.96. The van der Waals surface area contributed by atoms with Crippen LogP contribution in [-0.2, 0) is 0 Å². The normalized spacial score (nSPS) is 15.1. The number of benzene rings is 1. The third-order valence-electron chi connectivity index (χ3n) is 2.93. The minimum atomic E-state index is -1.13. The van der Waals surface area contributed by atoms with Crippen LogP contribution in [0.1, 0.15) is 17.4 Å². The molecule has 1 N–H and O–H groups in total. The first-order valence-corrected chi connectivity index (χ1v) is 5.94. The molecule has 19 heavy (non-hydrogen) atoms. The van der Waals surface area contributed by atoms with Crippen LogP contribution in [-0.4, -0.2) is 23.3 Å². The number of nitrogens with zero attached hydrogens (tertiary/aromatic N) is 1. The molecule has 5 heteroatoms. The standard InChI is InChI=1S/C14H12FNO3/c15-10-2-1-5-16-13(10)14(17)9-3-4-11-12(8-9)19-7-6-18-11/h1-5,8,14,17H,6-7H2.